The van der Waals surface area contributed by atoms with Crippen molar-refractivity contribution >= 4 is 0 Å². The van der Waals surface area contributed by atoms with Crippen LogP contribution in [0.2, 0.25) is 0 Å². The fraction of sp³-hybridized carbons (Fsp3) is 0.312. The molecule has 1 heterocycles. The van der Waals surface area contributed by atoms with Crippen LogP contribution in [-0.4, -0.2) is 11.1 Å². The molecule has 0 unspecified atom stereocenters. The van der Waals surface area contributed by atoms with Gasteiger partial charge in [-0.15, -0.1) is 0 Å². The van der Waals surface area contributed by atoms with Gasteiger partial charge in [0.15, 0.2) is 0 Å². The van der Waals surface area contributed by atoms with Gasteiger partial charge >= 0.3 is 0 Å². The molecule has 0 spiro atoms. The standard InChI is InChI=1S/C16H20N2O/c1-12-4-5-14(10-13(12)2)15-6-7-16(19)18(11-15)9-3-8-17/h4-7,10-11H,3,8-9,17H2,1-2H3. The molecule has 0 amide bonds. The lowest BCUT2D eigenvalue weighted by atomic mass is 10.0. The number of hydrogen-bond donors (Lipinski definition) is 1. The summed E-state index contributed by atoms with van der Waals surface area (Å²) in [4.78, 5) is 11.8. The Labute approximate surface area is 113 Å². The molecule has 3 nitrogen and oxygen atoms in total. The zero-order valence-corrected chi connectivity index (χ0v) is 11.5. The Morgan fingerprint density at radius 1 is 1.05 bits per heavy atom. The van der Waals surface area contributed by atoms with Gasteiger partial charge in [0, 0.05) is 18.8 Å². The molecule has 0 aliphatic rings. The molecule has 1 aromatic carbocycles. The second-order valence-corrected chi connectivity index (χ2v) is 4.89. The van der Waals surface area contributed by atoms with Crippen molar-refractivity contribution in [3.8, 4) is 11.1 Å². The summed E-state index contributed by atoms with van der Waals surface area (Å²) in [6.07, 6.45) is 2.73. The summed E-state index contributed by atoms with van der Waals surface area (Å²) in [5.41, 5.74) is 10.3. The molecule has 0 fully saturated rings. The Morgan fingerprint density at radius 2 is 1.79 bits per heavy atom. The Kier molecular flexibility index (Phi) is 4.17. The average molecular weight is 256 g/mol. The van der Waals surface area contributed by atoms with Crippen LogP contribution in [0.15, 0.2) is 41.3 Å². The molecule has 100 valence electrons. The molecule has 2 rings (SSSR count). The van der Waals surface area contributed by atoms with Gasteiger partial charge in [0.1, 0.15) is 0 Å². The Hall–Kier alpha value is -1.87. The van der Waals surface area contributed by atoms with Crippen LogP contribution in [-0.2, 0) is 6.54 Å². The van der Waals surface area contributed by atoms with Gasteiger partial charge in [-0.2, -0.15) is 0 Å². The molecule has 0 bridgehead atoms. The fourth-order valence-corrected chi connectivity index (χ4v) is 2.06. The lowest BCUT2D eigenvalue weighted by Crippen LogP contribution is -2.20. The molecule has 3 heteroatoms. The van der Waals surface area contributed by atoms with E-state index < -0.39 is 0 Å². The highest BCUT2D eigenvalue weighted by atomic mass is 16.1. The van der Waals surface area contributed by atoms with Crippen molar-refractivity contribution in [2.75, 3.05) is 6.54 Å². The molecule has 0 atom stereocenters. The predicted octanol–water partition coefficient (Wildman–Crippen LogP) is 2.48. The second-order valence-electron chi connectivity index (χ2n) is 4.89. The monoisotopic (exact) mass is 256 g/mol. The van der Waals surface area contributed by atoms with Gasteiger partial charge in [0.05, 0.1) is 0 Å². The van der Waals surface area contributed by atoms with E-state index in [1.807, 2.05) is 12.3 Å². The highest BCUT2D eigenvalue weighted by Gasteiger charge is 2.03. The number of aryl methyl sites for hydroxylation is 3. The van der Waals surface area contributed by atoms with E-state index in [1.165, 1.54) is 11.1 Å². The van der Waals surface area contributed by atoms with Crippen molar-refractivity contribution in [1.29, 1.82) is 0 Å². The lowest BCUT2D eigenvalue weighted by Gasteiger charge is -2.09. The summed E-state index contributed by atoms with van der Waals surface area (Å²) in [5.74, 6) is 0. The lowest BCUT2D eigenvalue weighted by molar-refractivity contribution is 0.630. The molecule has 0 aliphatic heterocycles. The average Bonchev–Trinajstić information content (AvgIpc) is 2.41. The van der Waals surface area contributed by atoms with Crippen molar-refractivity contribution in [2.45, 2.75) is 26.8 Å². The second kappa shape index (κ2) is 5.85. The summed E-state index contributed by atoms with van der Waals surface area (Å²) in [6, 6.07) is 9.87. The van der Waals surface area contributed by atoms with E-state index >= 15 is 0 Å². The van der Waals surface area contributed by atoms with E-state index in [0.717, 1.165) is 17.5 Å². The molecular formula is C16H20N2O. The molecule has 2 aromatic rings. The maximum absolute atomic E-state index is 11.8. The van der Waals surface area contributed by atoms with Crippen molar-refractivity contribution in [1.82, 2.24) is 4.57 Å². The highest BCUT2D eigenvalue weighted by molar-refractivity contribution is 5.63. The molecular weight excluding hydrogens is 236 g/mol. The number of benzene rings is 1. The zero-order chi connectivity index (χ0) is 13.8. The smallest absolute Gasteiger partial charge is 0.250 e. The topological polar surface area (TPSA) is 48.0 Å². The minimum Gasteiger partial charge on any atom is -0.330 e. The number of nitrogens with zero attached hydrogens (tertiary/aromatic N) is 1. The van der Waals surface area contributed by atoms with Crippen LogP contribution in [0.25, 0.3) is 11.1 Å². The first-order valence-electron chi connectivity index (χ1n) is 6.60. The number of aromatic nitrogens is 1. The Morgan fingerprint density at radius 3 is 2.47 bits per heavy atom. The molecule has 0 aliphatic carbocycles. The molecule has 0 radical (unpaired) electrons. The van der Waals surface area contributed by atoms with Crippen LogP contribution in [0.1, 0.15) is 17.5 Å². The van der Waals surface area contributed by atoms with Gasteiger partial charge < -0.3 is 10.3 Å². The van der Waals surface area contributed by atoms with Gasteiger partial charge in [0.25, 0.3) is 5.56 Å². The minimum absolute atomic E-state index is 0.0287. The van der Waals surface area contributed by atoms with Crippen LogP contribution in [0.5, 0.6) is 0 Å². The SMILES string of the molecule is Cc1ccc(-c2ccc(=O)n(CCCN)c2)cc1C. The van der Waals surface area contributed by atoms with Gasteiger partial charge in [-0.1, -0.05) is 18.2 Å². The maximum atomic E-state index is 11.8. The molecule has 0 saturated carbocycles. The van der Waals surface area contributed by atoms with Gasteiger partial charge in [-0.05, 0) is 55.1 Å². The highest BCUT2D eigenvalue weighted by Crippen LogP contribution is 2.21. The van der Waals surface area contributed by atoms with Gasteiger partial charge in [0.2, 0.25) is 0 Å². The number of nitrogens with two attached hydrogens (primary N) is 1. The first-order valence-corrected chi connectivity index (χ1v) is 6.60. The number of hydrogen-bond acceptors (Lipinski definition) is 2. The quantitative estimate of drug-likeness (QED) is 0.913. The molecule has 1 aromatic heterocycles. The number of pyridine rings is 1. The minimum atomic E-state index is 0.0287. The van der Waals surface area contributed by atoms with Crippen LogP contribution < -0.4 is 11.3 Å². The zero-order valence-electron chi connectivity index (χ0n) is 11.5. The van der Waals surface area contributed by atoms with Crippen molar-refractivity contribution in [2.24, 2.45) is 5.73 Å². The molecule has 2 N–H and O–H groups in total. The summed E-state index contributed by atoms with van der Waals surface area (Å²) in [6.45, 7) is 5.47. The molecule has 19 heavy (non-hydrogen) atoms. The predicted molar refractivity (Wildman–Crippen MR) is 79.3 cm³/mol. The third-order valence-electron chi connectivity index (χ3n) is 3.43. The van der Waals surface area contributed by atoms with Gasteiger partial charge in [-0.25, -0.2) is 0 Å². The van der Waals surface area contributed by atoms with E-state index in [2.05, 4.69) is 32.0 Å². The molecule has 0 saturated heterocycles. The summed E-state index contributed by atoms with van der Waals surface area (Å²) in [7, 11) is 0. The first kappa shape index (κ1) is 13.6. The van der Waals surface area contributed by atoms with Crippen molar-refractivity contribution in [3.63, 3.8) is 0 Å². The van der Waals surface area contributed by atoms with Crippen LogP contribution in [0.4, 0.5) is 0 Å². The van der Waals surface area contributed by atoms with Gasteiger partial charge in [-0.3, -0.25) is 4.79 Å². The van der Waals surface area contributed by atoms with Crippen LogP contribution in [0, 0.1) is 13.8 Å². The maximum Gasteiger partial charge on any atom is 0.250 e. The van der Waals surface area contributed by atoms with E-state index in [-0.39, 0.29) is 5.56 Å². The summed E-state index contributed by atoms with van der Waals surface area (Å²) in [5, 5.41) is 0. The third kappa shape index (κ3) is 3.12. The Balaban J connectivity index is 2.39. The van der Waals surface area contributed by atoms with Crippen molar-refractivity contribution in [3.05, 3.63) is 58.0 Å². The Bertz CT molecular complexity index is 629. The van der Waals surface area contributed by atoms with Crippen LogP contribution >= 0.6 is 0 Å². The largest absolute Gasteiger partial charge is 0.330 e. The summed E-state index contributed by atoms with van der Waals surface area (Å²) >= 11 is 0. The third-order valence-corrected chi connectivity index (χ3v) is 3.43. The normalized spacial score (nSPS) is 10.7. The summed E-state index contributed by atoms with van der Waals surface area (Å²) < 4.78 is 1.73. The van der Waals surface area contributed by atoms with E-state index in [9.17, 15) is 4.79 Å². The van der Waals surface area contributed by atoms with E-state index in [4.69, 9.17) is 5.73 Å². The number of rotatable bonds is 4. The van der Waals surface area contributed by atoms with E-state index in [1.54, 1.807) is 10.6 Å². The first-order chi connectivity index (χ1) is 9.11. The fourth-order valence-electron chi connectivity index (χ4n) is 2.06. The van der Waals surface area contributed by atoms with Crippen molar-refractivity contribution < 1.29 is 0 Å². The van der Waals surface area contributed by atoms with E-state index in [0.29, 0.717) is 13.1 Å². The van der Waals surface area contributed by atoms with Crippen LogP contribution in [0.3, 0.4) is 0 Å².